The normalized spacial score (nSPS) is 26.3. The van der Waals surface area contributed by atoms with Crippen LogP contribution in [0, 0.1) is 0 Å². The van der Waals surface area contributed by atoms with Crippen LogP contribution in [0.15, 0.2) is 0 Å². The summed E-state index contributed by atoms with van der Waals surface area (Å²) in [6, 6.07) is 0.293. The SMILES string of the molecule is NC1CCCCC1NC(=O)CCCCO. The van der Waals surface area contributed by atoms with E-state index in [1.54, 1.807) is 0 Å². The van der Waals surface area contributed by atoms with Crippen LogP contribution < -0.4 is 11.1 Å². The van der Waals surface area contributed by atoms with Crippen LogP contribution in [0.25, 0.3) is 0 Å². The Balaban J connectivity index is 2.18. The molecule has 0 bridgehead atoms. The van der Waals surface area contributed by atoms with Crippen LogP contribution >= 0.6 is 0 Å². The van der Waals surface area contributed by atoms with Crippen LogP contribution in [-0.4, -0.2) is 29.7 Å². The Hall–Kier alpha value is -0.610. The molecule has 4 nitrogen and oxygen atoms in total. The molecule has 2 unspecified atom stereocenters. The molecule has 1 fully saturated rings. The molecule has 4 N–H and O–H groups in total. The van der Waals surface area contributed by atoms with Crippen molar-refractivity contribution in [2.45, 2.75) is 57.0 Å². The molecule has 0 aromatic rings. The second-order valence-corrected chi connectivity index (χ2v) is 4.30. The number of unbranched alkanes of at least 4 members (excludes halogenated alkanes) is 1. The van der Waals surface area contributed by atoms with Gasteiger partial charge in [0.15, 0.2) is 0 Å². The van der Waals surface area contributed by atoms with E-state index in [1.165, 1.54) is 6.42 Å². The maximum Gasteiger partial charge on any atom is 0.220 e. The predicted molar refractivity (Wildman–Crippen MR) is 59.3 cm³/mol. The van der Waals surface area contributed by atoms with Gasteiger partial charge in [-0.1, -0.05) is 12.8 Å². The van der Waals surface area contributed by atoms with Crippen molar-refractivity contribution >= 4 is 5.91 Å². The Bertz CT molecular complexity index is 197. The summed E-state index contributed by atoms with van der Waals surface area (Å²) in [6.45, 7) is 0.163. The Kier molecular flexibility index (Phi) is 5.65. The zero-order valence-corrected chi connectivity index (χ0v) is 9.24. The summed E-state index contributed by atoms with van der Waals surface area (Å²) in [5.74, 6) is 0.0748. The zero-order chi connectivity index (χ0) is 11.1. The van der Waals surface area contributed by atoms with Gasteiger partial charge in [-0.15, -0.1) is 0 Å². The molecule has 1 aliphatic rings. The number of carbonyl (C=O) groups excluding carboxylic acids is 1. The summed E-state index contributed by atoms with van der Waals surface area (Å²) in [7, 11) is 0. The summed E-state index contributed by atoms with van der Waals surface area (Å²) in [5, 5.41) is 11.6. The van der Waals surface area contributed by atoms with Crippen LogP contribution in [0.1, 0.15) is 44.9 Å². The minimum Gasteiger partial charge on any atom is -0.396 e. The number of nitrogens with one attached hydrogen (secondary N) is 1. The number of amides is 1. The molecule has 1 saturated carbocycles. The lowest BCUT2D eigenvalue weighted by Gasteiger charge is -2.29. The van der Waals surface area contributed by atoms with Gasteiger partial charge in [-0.05, 0) is 25.7 Å². The highest BCUT2D eigenvalue weighted by Gasteiger charge is 2.22. The minimum absolute atomic E-state index is 0.0748. The molecule has 1 amide bonds. The second-order valence-electron chi connectivity index (χ2n) is 4.30. The lowest BCUT2D eigenvalue weighted by molar-refractivity contribution is -0.122. The van der Waals surface area contributed by atoms with Crippen LogP contribution in [0.5, 0.6) is 0 Å². The third-order valence-electron chi connectivity index (χ3n) is 2.98. The van der Waals surface area contributed by atoms with Crippen molar-refractivity contribution in [3.63, 3.8) is 0 Å². The Labute approximate surface area is 91.2 Å². The van der Waals surface area contributed by atoms with Crippen molar-refractivity contribution in [3.05, 3.63) is 0 Å². The number of hydrogen-bond donors (Lipinski definition) is 3. The Morgan fingerprint density at radius 2 is 2.07 bits per heavy atom. The highest BCUT2D eigenvalue weighted by Crippen LogP contribution is 2.16. The van der Waals surface area contributed by atoms with Gasteiger partial charge < -0.3 is 16.2 Å². The molecular formula is C11H22N2O2. The third kappa shape index (κ3) is 4.62. The van der Waals surface area contributed by atoms with Crippen LogP contribution in [0.3, 0.4) is 0 Å². The largest absolute Gasteiger partial charge is 0.396 e. The number of rotatable bonds is 5. The topological polar surface area (TPSA) is 75.3 Å². The maximum absolute atomic E-state index is 11.5. The number of carbonyl (C=O) groups is 1. The molecule has 1 rings (SSSR count). The summed E-state index contributed by atoms with van der Waals surface area (Å²) in [4.78, 5) is 11.5. The first-order valence-corrected chi connectivity index (χ1v) is 5.90. The fourth-order valence-corrected chi connectivity index (χ4v) is 2.02. The molecule has 0 aromatic carbocycles. The molecule has 0 radical (unpaired) electrons. The van der Waals surface area contributed by atoms with Crippen molar-refractivity contribution < 1.29 is 9.90 Å². The molecule has 4 heteroatoms. The summed E-state index contributed by atoms with van der Waals surface area (Å²) in [6.07, 6.45) is 6.32. The molecule has 0 aromatic heterocycles. The smallest absolute Gasteiger partial charge is 0.220 e. The molecule has 2 atom stereocenters. The van der Waals surface area contributed by atoms with Gasteiger partial charge in [0.05, 0.1) is 0 Å². The van der Waals surface area contributed by atoms with E-state index in [9.17, 15) is 4.79 Å². The van der Waals surface area contributed by atoms with E-state index in [1.807, 2.05) is 0 Å². The first kappa shape index (κ1) is 12.5. The van der Waals surface area contributed by atoms with E-state index in [-0.39, 0.29) is 24.6 Å². The molecule has 0 spiro atoms. The van der Waals surface area contributed by atoms with Gasteiger partial charge in [-0.3, -0.25) is 4.79 Å². The number of aliphatic hydroxyl groups excluding tert-OH is 1. The van der Waals surface area contributed by atoms with Crippen molar-refractivity contribution in [2.24, 2.45) is 5.73 Å². The van der Waals surface area contributed by atoms with Crippen LogP contribution in [-0.2, 0) is 4.79 Å². The van der Waals surface area contributed by atoms with Crippen LogP contribution in [0.4, 0.5) is 0 Å². The molecule has 15 heavy (non-hydrogen) atoms. The highest BCUT2D eigenvalue weighted by molar-refractivity contribution is 5.76. The fraction of sp³-hybridized carbons (Fsp3) is 0.909. The highest BCUT2D eigenvalue weighted by atomic mass is 16.2. The monoisotopic (exact) mass is 214 g/mol. The molecule has 0 heterocycles. The standard InChI is InChI=1S/C11H22N2O2/c12-9-5-1-2-6-10(9)13-11(15)7-3-4-8-14/h9-10,14H,1-8,12H2,(H,13,15). The molecular weight excluding hydrogens is 192 g/mol. The minimum atomic E-state index is 0.0748. The maximum atomic E-state index is 11.5. The van der Waals surface area contributed by atoms with Gasteiger partial charge in [0, 0.05) is 25.1 Å². The lowest BCUT2D eigenvalue weighted by atomic mass is 9.91. The van der Waals surface area contributed by atoms with E-state index >= 15 is 0 Å². The average Bonchev–Trinajstić information content (AvgIpc) is 2.22. The van der Waals surface area contributed by atoms with Gasteiger partial charge in [-0.25, -0.2) is 0 Å². The van der Waals surface area contributed by atoms with Gasteiger partial charge in [0.2, 0.25) is 5.91 Å². The van der Waals surface area contributed by atoms with Crippen LogP contribution in [0.2, 0.25) is 0 Å². The van der Waals surface area contributed by atoms with Crippen molar-refractivity contribution in [1.82, 2.24) is 5.32 Å². The van der Waals surface area contributed by atoms with E-state index in [0.717, 1.165) is 25.7 Å². The van der Waals surface area contributed by atoms with Gasteiger partial charge in [-0.2, -0.15) is 0 Å². The summed E-state index contributed by atoms with van der Waals surface area (Å²) in [5.41, 5.74) is 5.93. The average molecular weight is 214 g/mol. The third-order valence-corrected chi connectivity index (χ3v) is 2.98. The predicted octanol–water partition coefficient (Wildman–Crippen LogP) is 0.535. The summed E-state index contributed by atoms with van der Waals surface area (Å²) < 4.78 is 0. The van der Waals surface area contributed by atoms with Crippen molar-refractivity contribution in [3.8, 4) is 0 Å². The number of hydrogen-bond acceptors (Lipinski definition) is 3. The molecule has 88 valence electrons. The van der Waals surface area contributed by atoms with Crippen molar-refractivity contribution in [2.75, 3.05) is 6.61 Å². The second kappa shape index (κ2) is 6.80. The van der Waals surface area contributed by atoms with Gasteiger partial charge in [0.25, 0.3) is 0 Å². The quantitative estimate of drug-likeness (QED) is 0.584. The Morgan fingerprint density at radius 3 is 2.73 bits per heavy atom. The first-order chi connectivity index (χ1) is 7.24. The zero-order valence-electron chi connectivity index (χ0n) is 9.24. The van der Waals surface area contributed by atoms with Gasteiger partial charge >= 0.3 is 0 Å². The van der Waals surface area contributed by atoms with E-state index < -0.39 is 0 Å². The first-order valence-electron chi connectivity index (χ1n) is 5.90. The van der Waals surface area contributed by atoms with E-state index in [4.69, 9.17) is 10.8 Å². The number of aliphatic hydroxyl groups is 1. The van der Waals surface area contributed by atoms with Crippen molar-refractivity contribution in [1.29, 1.82) is 0 Å². The van der Waals surface area contributed by atoms with E-state index in [2.05, 4.69) is 5.32 Å². The van der Waals surface area contributed by atoms with E-state index in [0.29, 0.717) is 12.8 Å². The lowest BCUT2D eigenvalue weighted by Crippen LogP contribution is -2.49. The summed E-state index contributed by atoms with van der Waals surface area (Å²) >= 11 is 0. The Morgan fingerprint density at radius 1 is 1.33 bits per heavy atom. The molecule has 0 saturated heterocycles. The molecule has 0 aliphatic heterocycles. The number of nitrogens with two attached hydrogens (primary N) is 1. The fourth-order valence-electron chi connectivity index (χ4n) is 2.02. The molecule has 1 aliphatic carbocycles. The van der Waals surface area contributed by atoms with Gasteiger partial charge in [0.1, 0.15) is 0 Å².